The van der Waals surface area contributed by atoms with Gasteiger partial charge in [-0.2, -0.15) is 0 Å². The van der Waals surface area contributed by atoms with Crippen LogP contribution >= 0.6 is 38.5 Å². The van der Waals surface area contributed by atoms with Crippen molar-refractivity contribution in [1.82, 2.24) is 31.1 Å². The second-order valence-corrected chi connectivity index (χ2v) is 44.4. The van der Waals surface area contributed by atoms with Gasteiger partial charge in [-0.05, 0) is 286 Å². The molecular formula is C128H158BrIN8O9. The van der Waals surface area contributed by atoms with Crippen molar-refractivity contribution in [3.8, 4) is 44.9 Å². The van der Waals surface area contributed by atoms with Gasteiger partial charge in [0.05, 0.1) is 5.56 Å². The molecule has 8 amide bonds. The van der Waals surface area contributed by atoms with E-state index in [1.165, 1.54) is 77.0 Å². The van der Waals surface area contributed by atoms with Crippen LogP contribution in [0.5, 0.6) is 11.5 Å². The number of rotatable bonds is 33. The van der Waals surface area contributed by atoms with Crippen molar-refractivity contribution in [1.29, 1.82) is 0 Å². The van der Waals surface area contributed by atoms with E-state index in [1.54, 1.807) is 9.80 Å². The van der Waals surface area contributed by atoms with E-state index in [9.17, 15) is 38.4 Å². The predicted octanol–water partition coefficient (Wildman–Crippen LogP) is 30.3. The number of anilines is 2. The maximum atomic E-state index is 14.9. The minimum absolute atomic E-state index is 0.00600. The fraction of sp³-hybridized carbons (Fsp3) is 0.469. The average Bonchev–Trinajstić information content (AvgIpc) is 0.823. The largest absolute Gasteiger partial charge is 0.457 e. The Kier molecular flexibility index (Phi) is 43.6. The maximum absolute atomic E-state index is 14.9. The van der Waals surface area contributed by atoms with Gasteiger partial charge in [0.25, 0.3) is 23.6 Å². The molecule has 4 unspecified atom stereocenters. The van der Waals surface area contributed by atoms with Crippen LogP contribution in [0.15, 0.2) is 271 Å². The Morgan fingerprint density at radius 2 is 0.578 bits per heavy atom. The van der Waals surface area contributed by atoms with Gasteiger partial charge >= 0.3 is 0 Å². The Labute approximate surface area is 898 Å². The van der Waals surface area contributed by atoms with Crippen molar-refractivity contribution in [2.45, 2.75) is 345 Å². The number of hydrogen-bond donors (Lipinski definition) is 4. The van der Waals surface area contributed by atoms with Crippen LogP contribution in [0.4, 0.5) is 11.4 Å². The topological polar surface area (TPSA) is 207 Å². The van der Waals surface area contributed by atoms with E-state index in [1.807, 2.05) is 249 Å². The molecule has 147 heavy (non-hydrogen) atoms. The summed E-state index contributed by atoms with van der Waals surface area (Å²) in [6, 6.07) is 85.5. The van der Waals surface area contributed by atoms with E-state index < -0.39 is 18.1 Å². The van der Waals surface area contributed by atoms with Crippen LogP contribution in [0.25, 0.3) is 33.4 Å². The van der Waals surface area contributed by atoms with Gasteiger partial charge in [-0.3, -0.25) is 48.2 Å². The first-order chi connectivity index (χ1) is 72.1. The van der Waals surface area contributed by atoms with Crippen LogP contribution in [-0.2, 0) is 19.2 Å². The molecule has 0 radical (unpaired) electrons. The summed E-state index contributed by atoms with van der Waals surface area (Å²) in [7, 11) is 0. The number of nitrogens with one attached hydrogen (secondary N) is 4. The summed E-state index contributed by atoms with van der Waals surface area (Å²) in [6.45, 7) is 5.50. The van der Waals surface area contributed by atoms with Crippen molar-refractivity contribution in [3.05, 3.63) is 297 Å². The number of carbonyl (C=O) groups excluding carboxylic acids is 8. The lowest BCUT2D eigenvalue weighted by molar-refractivity contribution is -0.130. The third-order valence-electron chi connectivity index (χ3n) is 32.1. The molecule has 8 saturated carbocycles. The SMILES string of the molecule is CCCCNC(=O)C(C1CCCCC1)N(C(=O)c1ccccc1-c1ccccc1)c1ccccc1.CCCCNC(=O)C(C1CCCCC1)N(C(=O)c1ccccc1I)c1ccc(Br)cc1.O=C(NC1CCCCC1)C(C1CCCCC1)N(C(=O)c1ccccc1-c1ccc(Oc2ccccc2)cc1)C1CCCCC1.O=C(NC1CCCCC1)C(C1CCCCC1)N(C(=O)c1ccccc1-c1ccccc1)C1CCCCC1. The van der Waals surface area contributed by atoms with E-state index in [0.29, 0.717) is 29.8 Å². The van der Waals surface area contributed by atoms with Gasteiger partial charge in [0.2, 0.25) is 23.6 Å². The minimum atomic E-state index is -0.536. The monoisotopic (exact) mass is 2160 g/mol. The lowest BCUT2D eigenvalue weighted by Gasteiger charge is -2.44. The van der Waals surface area contributed by atoms with Gasteiger partial charge in [0, 0.05) is 73.4 Å². The number of amides is 8. The molecule has 0 aliphatic heterocycles. The summed E-state index contributed by atoms with van der Waals surface area (Å²) in [5, 5.41) is 13.2. The van der Waals surface area contributed by atoms with E-state index in [0.717, 1.165) is 275 Å². The summed E-state index contributed by atoms with van der Waals surface area (Å²) in [6.07, 6.45) is 48.1. The Balaban J connectivity index is 0.000000148. The van der Waals surface area contributed by atoms with Gasteiger partial charge in [-0.1, -0.05) is 373 Å². The highest BCUT2D eigenvalue weighted by molar-refractivity contribution is 14.1. The van der Waals surface area contributed by atoms with Crippen LogP contribution < -0.4 is 35.8 Å². The molecule has 8 aliphatic carbocycles. The molecule has 19 heteroatoms. The van der Waals surface area contributed by atoms with Crippen molar-refractivity contribution in [2.75, 3.05) is 22.9 Å². The van der Waals surface area contributed by atoms with Gasteiger partial charge < -0.3 is 35.8 Å². The first-order valence-corrected chi connectivity index (χ1v) is 58.2. The summed E-state index contributed by atoms with van der Waals surface area (Å²) >= 11 is 5.69. The second-order valence-electron chi connectivity index (χ2n) is 42.3. The normalized spacial score (nSPS) is 17.7. The van der Waals surface area contributed by atoms with Crippen molar-refractivity contribution in [3.63, 3.8) is 0 Å². The number of carbonyl (C=O) groups is 8. The molecular weight excluding hydrogens is 2000 g/mol. The van der Waals surface area contributed by atoms with Gasteiger partial charge in [0.15, 0.2) is 0 Å². The van der Waals surface area contributed by atoms with Crippen LogP contribution in [0.2, 0.25) is 0 Å². The fourth-order valence-electron chi connectivity index (χ4n) is 24.3. The van der Waals surface area contributed by atoms with Crippen LogP contribution in [0, 0.1) is 27.2 Å². The van der Waals surface area contributed by atoms with Crippen molar-refractivity contribution < 1.29 is 43.1 Å². The molecule has 0 aromatic heterocycles. The highest BCUT2D eigenvalue weighted by Gasteiger charge is 2.47. The number of nitrogens with zero attached hydrogens (tertiary/aromatic N) is 4. The highest BCUT2D eigenvalue weighted by atomic mass is 127. The Morgan fingerprint density at radius 3 is 0.946 bits per heavy atom. The van der Waals surface area contributed by atoms with Crippen molar-refractivity contribution >= 4 is 97.2 Å². The Morgan fingerprint density at radius 1 is 0.293 bits per heavy atom. The first kappa shape index (κ1) is 110. The zero-order valence-electron chi connectivity index (χ0n) is 87.1. The molecule has 778 valence electrons. The van der Waals surface area contributed by atoms with E-state index in [4.69, 9.17) is 4.74 Å². The fourth-order valence-corrected chi connectivity index (χ4v) is 25.2. The molecule has 18 rings (SSSR count). The van der Waals surface area contributed by atoms with Gasteiger partial charge in [-0.25, -0.2) is 0 Å². The third kappa shape index (κ3) is 30.7. The molecule has 0 heterocycles. The maximum Gasteiger partial charge on any atom is 0.260 e. The highest BCUT2D eigenvalue weighted by Crippen LogP contribution is 2.43. The molecule has 0 bridgehead atoms. The molecule has 8 aliphatic rings. The van der Waals surface area contributed by atoms with E-state index in [-0.39, 0.29) is 101 Å². The van der Waals surface area contributed by atoms with Crippen LogP contribution in [0.3, 0.4) is 0 Å². The number of unbranched alkanes of at least 4 members (excludes halogenated alkanes) is 2. The molecule has 10 aromatic rings. The lowest BCUT2D eigenvalue weighted by atomic mass is 9.80. The Bertz CT molecular complexity index is 5750. The standard InChI is InChI=1S/C39H48N2O3.C33H44N2O2.C31H36N2O2.C25H30BrIN2O2/c42-38(40-31-17-7-2-8-18-31)37(30-15-5-1-6-16-30)41(32-19-9-3-10-20-32)39(43)36-24-14-13-23-35(36)29-25-27-34(28-26-29)44-33-21-11-4-12-22-33;36-32(34-27-19-9-3-10-20-27)31(26-17-7-2-8-18-26)35(28-21-11-4-12-22-28)33(37)30-24-14-13-23-29(30)25-15-5-1-6-16-25;1-2-3-23-32-30(34)29(25-17-9-5-10-18-25)33(26-19-11-6-12-20-26)31(35)28-22-14-13-21-27(28)24-15-7-4-8-16-24;1-2-3-17-28-24(30)23(18-9-5-4-6-10-18)29(20-15-13-19(26)14-16-20)25(31)21-11-7-8-12-22(21)27/h4,11-14,21-28,30-32,37H,1-3,5-10,15-20H2,(H,40,42);1,5-6,13-16,23-24,26-28,31H,2-4,7-12,17-22H2,(H,34,36);4,6-8,11-16,19-22,25,29H,2-3,5,9-10,17-18,23H2,1H3,(H,32,34);7-8,11-16,18,23H,2-6,9-10,17H2,1H3,(H,28,30). The number of para-hydroxylation sites is 2. The molecule has 8 fully saturated rings. The van der Waals surface area contributed by atoms with E-state index >= 15 is 0 Å². The number of hydrogen-bond acceptors (Lipinski definition) is 9. The summed E-state index contributed by atoms with van der Waals surface area (Å²) < 4.78 is 7.87. The van der Waals surface area contributed by atoms with Crippen LogP contribution in [0.1, 0.15) is 338 Å². The summed E-state index contributed by atoms with van der Waals surface area (Å²) in [4.78, 5) is 121. The number of halogens is 2. The molecule has 10 aromatic carbocycles. The van der Waals surface area contributed by atoms with Gasteiger partial charge in [-0.15, -0.1) is 0 Å². The predicted molar refractivity (Wildman–Crippen MR) is 609 cm³/mol. The number of benzene rings is 10. The summed E-state index contributed by atoms with van der Waals surface area (Å²) in [5.74, 6) is 2.20. The van der Waals surface area contributed by atoms with Gasteiger partial charge in [0.1, 0.15) is 35.7 Å². The van der Waals surface area contributed by atoms with Crippen molar-refractivity contribution in [2.24, 2.45) is 23.7 Å². The smallest absolute Gasteiger partial charge is 0.260 e. The Hall–Kier alpha value is -11.0. The van der Waals surface area contributed by atoms with E-state index in [2.05, 4.69) is 102 Å². The lowest BCUT2D eigenvalue weighted by Crippen LogP contribution is -2.59. The zero-order valence-corrected chi connectivity index (χ0v) is 90.8. The quantitative estimate of drug-likeness (QED) is 0.0228. The molecule has 4 atom stereocenters. The first-order valence-electron chi connectivity index (χ1n) is 56.4. The average molecular weight is 2160 g/mol. The summed E-state index contributed by atoms with van der Waals surface area (Å²) in [5.41, 5.74) is 9.94. The molecule has 17 nitrogen and oxygen atoms in total. The second kappa shape index (κ2) is 58.2. The minimum Gasteiger partial charge on any atom is -0.457 e. The molecule has 0 saturated heterocycles. The van der Waals surface area contributed by atoms with Crippen LogP contribution in [-0.4, -0.2) is 118 Å². The molecule has 0 spiro atoms. The third-order valence-corrected chi connectivity index (χ3v) is 33.5. The molecule has 4 N–H and O–H groups in total. The number of ether oxygens (including phenoxy) is 1. The zero-order chi connectivity index (χ0) is 102.